The Bertz CT molecular complexity index is 1130. The van der Waals surface area contributed by atoms with Gasteiger partial charge in [0.15, 0.2) is 0 Å². The van der Waals surface area contributed by atoms with E-state index in [-0.39, 0.29) is 11.5 Å². The molecule has 0 aliphatic carbocycles. The number of rotatable bonds is 5. The molecule has 6 nitrogen and oxygen atoms in total. The molecule has 0 fully saturated rings. The highest BCUT2D eigenvalue weighted by Gasteiger charge is 2.26. The standard InChI is InChI=1S/C22H25N3O3S/c1-4-24(15-10-6-7-11-16(15)28-5-2)22(27)19-14(3)18-20(29-19)23-17-12-8-9-13-25(17)21(18)26/h6-7,10-11H,4-5,8-9,12-13H2,1-3H3. The average molecular weight is 412 g/mol. The number of anilines is 1. The van der Waals surface area contributed by atoms with Crippen LogP contribution in [0.2, 0.25) is 0 Å². The van der Waals surface area contributed by atoms with Crippen LogP contribution in [0.15, 0.2) is 29.1 Å². The van der Waals surface area contributed by atoms with E-state index >= 15 is 0 Å². The number of benzene rings is 1. The van der Waals surface area contributed by atoms with Gasteiger partial charge in [-0.2, -0.15) is 0 Å². The molecule has 152 valence electrons. The van der Waals surface area contributed by atoms with Crippen molar-refractivity contribution in [1.82, 2.24) is 9.55 Å². The smallest absolute Gasteiger partial charge is 0.268 e. The Balaban J connectivity index is 1.82. The molecule has 1 aliphatic rings. The predicted octanol–water partition coefficient (Wildman–Crippen LogP) is 4.17. The molecule has 0 saturated heterocycles. The van der Waals surface area contributed by atoms with E-state index in [4.69, 9.17) is 9.72 Å². The summed E-state index contributed by atoms with van der Waals surface area (Å²) in [6.45, 7) is 7.45. The molecule has 3 heterocycles. The predicted molar refractivity (Wildman–Crippen MR) is 117 cm³/mol. The zero-order valence-electron chi connectivity index (χ0n) is 17.0. The molecular weight excluding hydrogens is 386 g/mol. The number of thiophene rings is 1. The van der Waals surface area contributed by atoms with Gasteiger partial charge >= 0.3 is 0 Å². The molecule has 0 radical (unpaired) electrons. The lowest BCUT2D eigenvalue weighted by molar-refractivity contribution is 0.0991. The van der Waals surface area contributed by atoms with Crippen molar-refractivity contribution in [3.63, 3.8) is 0 Å². The van der Waals surface area contributed by atoms with Gasteiger partial charge in [0.25, 0.3) is 11.5 Å². The minimum atomic E-state index is -0.123. The maximum absolute atomic E-state index is 13.5. The molecule has 4 rings (SSSR count). The van der Waals surface area contributed by atoms with Crippen molar-refractivity contribution >= 4 is 33.1 Å². The van der Waals surface area contributed by atoms with Gasteiger partial charge in [0.1, 0.15) is 16.4 Å². The van der Waals surface area contributed by atoms with Gasteiger partial charge in [-0.1, -0.05) is 12.1 Å². The number of hydrogen-bond acceptors (Lipinski definition) is 5. The lowest BCUT2D eigenvalue weighted by atomic mass is 10.1. The van der Waals surface area contributed by atoms with E-state index in [1.807, 2.05) is 45.0 Å². The Morgan fingerprint density at radius 3 is 2.83 bits per heavy atom. The highest BCUT2D eigenvalue weighted by atomic mass is 32.1. The van der Waals surface area contributed by atoms with Gasteiger partial charge in [0.2, 0.25) is 0 Å². The second kappa shape index (κ2) is 7.99. The molecule has 0 atom stereocenters. The van der Waals surface area contributed by atoms with Gasteiger partial charge in [-0.05, 0) is 51.3 Å². The summed E-state index contributed by atoms with van der Waals surface area (Å²) in [6, 6.07) is 7.55. The van der Waals surface area contributed by atoms with E-state index in [0.717, 1.165) is 36.3 Å². The lowest BCUT2D eigenvalue weighted by Gasteiger charge is -2.23. The third kappa shape index (κ3) is 3.33. The van der Waals surface area contributed by atoms with Crippen LogP contribution in [0.5, 0.6) is 5.75 Å². The van der Waals surface area contributed by atoms with Crippen LogP contribution in [0, 0.1) is 6.92 Å². The first kappa shape index (κ1) is 19.6. The molecule has 29 heavy (non-hydrogen) atoms. The van der Waals surface area contributed by atoms with Crippen LogP contribution in [0.25, 0.3) is 10.2 Å². The van der Waals surface area contributed by atoms with E-state index in [2.05, 4.69) is 0 Å². The number of carbonyl (C=O) groups excluding carboxylic acids is 1. The number of nitrogens with zero attached hydrogens (tertiary/aromatic N) is 3. The molecule has 2 aromatic heterocycles. The monoisotopic (exact) mass is 411 g/mol. The Labute approximate surface area is 173 Å². The van der Waals surface area contributed by atoms with Crippen molar-refractivity contribution in [1.29, 1.82) is 0 Å². The molecule has 0 unspecified atom stereocenters. The van der Waals surface area contributed by atoms with E-state index in [1.54, 1.807) is 9.47 Å². The number of hydrogen-bond donors (Lipinski definition) is 0. The van der Waals surface area contributed by atoms with Gasteiger partial charge in [-0.15, -0.1) is 11.3 Å². The molecule has 0 N–H and O–H groups in total. The third-order valence-electron chi connectivity index (χ3n) is 5.37. The number of ether oxygens (including phenoxy) is 1. The van der Waals surface area contributed by atoms with Crippen LogP contribution in [0.3, 0.4) is 0 Å². The molecule has 0 bridgehead atoms. The summed E-state index contributed by atoms with van der Waals surface area (Å²) in [7, 11) is 0. The Morgan fingerprint density at radius 1 is 1.28 bits per heavy atom. The number of carbonyl (C=O) groups is 1. The molecule has 1 aliphatic heterocycles. The van der Waals surface area contributed by atoms with Crippen molar-refractivity contribution in [2.45, 2.75) is 46.6 Å². The third-order valence-corrected chi connectivity index (χ3v) is 6.55. The minimum absolute atomic E-state index is 0.0183. The normalized spacial score (nSPS) is 13.3. The maximum atomic E-state index is 13.5. The van der Waals surface area contributed by atoms with Crippen LogP contribution in [0.1, 0.15) is 47.7 Å². The number of aromatic nitrogens is 2. The van der Waals surface area contributed by atoms with Gasteiger partial charge in [-0.3, -0.25) is 14.2 Å². The van der Waals surface area contributed by atoms with Crippen LogP contribution in [0.4, 0.5) is 5.69 Å². The van der Waals surface area contributed by atoms with E-state index in [1.165, 1.54) is 11.3 Å². The molecule has 1 amide bonds. The van der Waals surface area contributed by atoms with Crippen LogP contribution >= 0.6 is 11.3 Å². The molecular formula is C22H25N3O3S. The maximum Gasteiger partial charge on any atom is 0.268 e. The topological polar surface area (TPSA) is 64.4 Å². The van der Waals surface area contributed by atoms with Crippen LogP contribution < -0.4 is 15.2 Å². The quantitative estimate of drug-likeness (QED) is 0.632. The summed E-state index contributed by atoms with van der Waals surface area (Å²) in [5.74, 6) is 1.39. The Kier molecular flexibility index (Phi) is 5.41. The van der Waals surface area contributed by atoms with Crippen LogP contribution in [-0.4, -0.2) is 28.6 Å². The molecule has 7 heteroatoms. The number of aryl methyl sites for hydroxylation is 2. The Hall–Kier alpha value is -2.67. The molecule has 1 aromatic carbocycles. The minimum Gasteiger partial charge on any atom is -0.492 e. The summed E-state index contributed by atoms with van der Waals surface area (Å²) < 4.78 is 7.51. The van der Waals surface area contributed by atoms with Crippen molar-refractivity contribution < 1.29 is 9.53 Å². The number of amides is 1. The number of para-hydroxylation sites is 2. The zero-order chi connectivity index (χ0) is 20.5. The molecule has 3 aromatic rings. The zero-order valence-corrected chi connectivity index (χ0v) is 17.8. The first-order valence-corrected chi connectivity index (χ1v) is 10.9. The Morgan fingerprint density at radius 2 is 2.07 bits per heavy atom. The summed E-state index contributed by atoms with van der Waals surface area (Å²) in [6.07, 6.45) is 2.85. The fourth-order valence-electron chi connectivity index (χ4n) is 3.94. The second-order valence-electron chi connectivity index (χ2n) is 7.13. The van der Waals surface area contributed by atoms with Crippen molar-refractivity contribution in [3.05, 3.63) is 50.9 Å². The summed E-state index contributed by atoms with van der Waals surface area (Å²) in [4.78, 5) is 34.2. The van der Waals surface area contributed by atoms with Gasteiger partial charge in [0, 0.05) is 19.5 Å². The molecule has 0 saturated carbocycles. The van der Waals surface area contributed by atoms with E-state index in [0.29, 0.717) is 40.5 Å². The lowest BCUT2D eigenvalue weighted by Crippen LogP contribution is -2.31. The first-order chi connectivity index (χ1) is 14.1. The van der Waals surface area contributed by atoms with Gasteiger partial charge in [0.05, 0.1) is 22.6 Å². The molecule has 0 spiro atoms. The SMILES string of the molecule is CCOc1ccccc1N(CC)C(=O)c1sc2nc3n(c(=O)c2c1C)CCCC3. The summed E-state index contributed by atoms with van der Waals surface area (Å²) >= 11 is 1.32. The highest BCUT2D eigenvalue weighted by molar-refractivity contribution is 7.20. The summed E-state index contributed by atoms with van der Waals surface area (Å²) in [5, 5.41) is 0.582. The van der Waals surface area contributed by atoms with Crippen molar-refractivity contribution in [2.75, 3.05) is 18.1 Å². The summed E-state index contributed by atoms with van der Waals surface area (Å²) in [5.41, 5.74) is 1.44. The van der Waals surface area contributed by atoms with Crippen molar-refractivity contribution in [2.24, 2.45) is 0 Å². The average Bonchev–Trinajstić information content (AvgIpc) is 3.06. The second-order valence-corrected chi connectivity index (χ2v) is 8.13. The first-order valence-electron chi connectivity index (χ1n) is 10.1. The van der Waals surface area contributed by atoms with Gasteiger partial charge < -0.3 is 9.64 Å². The largest absolute Gasteiger partial charge is 0.492 e. The van der Waals surface area contributed by atoms with Gasteiger partial charge in [-0.25, -0.2) is 4.98 Å². The highest BCUT2D eigenvalue weighted by Crippen LogP contribution is 2.33. The fourth-order valence-corrected chi connectivity index (χ4v) is 5.08. The van der Waals surface area contributed by atoms with Crippen molar-refractivity contribution in [3.8, 4) is 5.75 Å². The van der Waals surface area contributed by atoms with E-state index < -0.39 is 0 Å². The van der Waals surface area contributed by atoms with Crippen LogP contribution in [-0.2, 0) is 13.0 Å². The number of fused-ring (bicyclic) bond motifs is 2. The van der Waals surface area contributed by atoms with E-state index in [9.17, 15) is 9.59 Å². The fraction of sp³-hybridized carbons (Fsp3) is 0.409.